The minimum atomic E-state index is 0.249. The third-order valence-corrected chi connectivity index (χ3v) is 7.14. The van der Waals surface area contributed by atoms with Gasteiger partial charge in [-0.3, -0.25) is 11.3 Å². The first kappa shape index (κ1) is 14.3. The Hall–Kier alpha value is -0.160. The number of hydrazine groups is 1. The highest BCUT2D eigenvalue weighted by Crippen LogP contribution is 2.41. The Labute approximate surface area is 118 Å². The first-order valence-corrected chi connectivity index (χ1v) is 8.41. The lowest BCUT2D eigenvalue weighted by atomic mass is 10.00. The monoisotopic (exact) mass is 282 g/mol. The number of nitrogens with one attached hydrogen (secondary N) is 1. The molecule has 100 valence electrons. The van der Waals surface area contributed by atoms with E-state index >= 15 is 0 Å². The normalized spacial score (nSPS) is 30.1. The van der Waals surface area contributed by atoms with Gasteiger partial charge in [0.15, 0.2) is 0 Å². The quantitative estimate of drug-likeness (QED) is 0.660. The van der Waals surface area contributed by atoms with Gasteiger partial charge in [-0.15, -0.1) is 0 Å². The van der Waals surface area contributed by atoms with Crippen molar-refractivity contribution in [1.29, 1.82) is 0 Å². The van der Waals surface area contributed by atoms with Gasteiger partial charge in [0.05, 0.1) is 6.04 Å². The molecule has 0 bridgehead atoms. The summed E-state index contributed by atoms with van der Waals surface area (Å²) in [4.78, 5) is 0. The van der Waals surface area contributed by atoms with E-state index in [1.54, 1.807) is 0 Å². The third-order valence-electron chi connectivity index (χ3n) is 3.65. The molecule has 1 heterocycles. The Bertz CT molecular complexity index is 397. The third kappa shape index (κ3) is 3.05. The molecule has 0 saturated carbocycles. The van der Waals surface area contributed by atoms with E-state index in [4.69, 9.17) is 5.84 Å². The zero-order valence-corrected chi connectivity index (χ0v) is 12.9. The summed E-state index contributed by atoms with van der Waals surface area (Å²) in [6.07, 6.45) is 0. The van der Waals surface area contributed by atoms with Crippen LogP contribution in [0.25, 0.3) is 0 Å². The molecule has 1 aliphatic heterocycles. The van der Waals surface area contributed by atoms with E-state index in [1.165, 1.54) is 16.9 Å². The Morgan fingerprint density at radius 1 is 1.28 bits per heavy atom. The van der Waals surface area contributed by atoms with Crippen molar-refractivity contribution >= 4 is 23.5 Å². The highest BCUT2D eigenvalue weighted by atomic mass is 32.2. The number of benzene rings is 1. The largest absolute Gasteiger partial charge is 0.271 e. The van der Waals surface area contributed by atoms with Gasteiger partial charge < -0.3 is 0 Å². The first-order chi connectivity index (χ1) is 8.63. The van der Waals surface area contributed by atoms with Crippen LogP contribution in [0.4, 0.5) is 0 Å². The summed E-state index contributed by atoms with van der Waals surface area (Å²) in [7, 11) is 0. The van der Waals surface area contributed by atoms with Gasteiger partial charge in [0.1, 0.15) is 0 Å². The molecular formula is C14H22N2S2. The second-order valence-corrected chi connectivity index (χ2v) is 7.95. The van der Waals surface area contributed by atoms with Gasteiger partial charge in [0.2, 0.25) is 0 Å². The van der Waals surface area contributed by atoms with E-state index < -0.39 is 0 Å². The fourth-order valence-electron chi connectivity index (χ4n) is 2.32. The van der Waals surface area contributed by atoms with Gasteiger partial charge in [0.25, 0.3) is 0 Å². The molecule has 0 aliphatic carbocycles. The number of nitrogens with two attached hydrogens (primary N) is 1. The van der Waals surface area contributed by atoms with Crippen LogP contribution in [0.2, 0.25) is 0 Å². The molecule has 0 aromatic heterocycles. The summed E-state index contributed by atoms with van der Waals surface area (Å²) < 4.78 is 0. The summed E-state index contributed by atoms with van der Waals surface area (Å²) in [6.45, 7) is 6.80. The highest BCUT2D eigenvalue weighted by molar-refractivity contribution is 8.07. The fourth-order valence-corrected chi connectivity index (χ4v) is 5.41. The molecule has 1 aromatic rings. The number of hydrogen-bond acceptors (Lipinski definition) is 4. The number of hydrogen-bond donors (Lipinski definition) is 2. The number of rotatable bonds is 3. The second-order valence-electron chi connectivity index (χ2n) is 4.92. The molecule has 18 heavy (non-hydrogen) atoms. The second kappa shape index (κ2) is 6.33. The predicted octanol–water partition coefficient (Wildman–Crippen LogP) is 3.13. The molecule has 4 atom stereocenters. The van der Waals surface area contributed by atoms with Gasteiger partial charge in [0, 0.05) is 21.5 Å². The van der Waals surface area contributed by atoms with E-state index in [0.29, 0.717) is 10.5 Å². The van der Waals surface area contributed by atoms with Crippen LogP contribution >= 0.6 is 23.5 Å². The summed E-state index contributed by atoms with van der Waals surface area (Å²) in [5.74, 6) is 6.98. The average molecular weight is 282 g/mol. The Morgan fingerprint density at radius 3 is 2.61 bits per heavy atom. The Balaban J connectivity index is 2.17. The molecule has 1 saturated heterocycles. The molecule has 4 heteroatoms. The van der Waals surface area contributed by atoms with Crippen molar-refractivity contribution in [2.75, 3.05) is 5.75 Å². The molecule has 2 rings (SSSR count). The molecule has 4 unspecified atom stereocenters. The van der Waals surface area contributed by atoms with Crippen molar-refractivity contribution < 1.29 is 0 Å². The SMILES string of the molecule is Cc1ccccc1C(NN)C1CSC(C)C(C)S1. The van der Waals surface area contributed by atoms with Crippen molar-refractivity contribution in [3.8, 4) is 0 Å². The summed E-state index contributed by atoms with van der Waals surface area (Å²) in [6, 6.07) is 8.78. The highest BCUT2D eigenvalue weighted by Gasteiger charge is 2.32. The zero-order valence-electron chi connectivity index (χ0n) is 11.2. The number of thioether (sulfide) groups is 2. The fraction of sp³-hybridized carbons (Fsp3) is 0.571. The maximum absolute atomic E-state index is 5.81. The van der Waals surface area contributed by atoms with Gasteiger partial charge in [-0.1, -0.05) is 38.1 Å². The van der Waals surface area contributed by atoms with Crippen molar-refractivity contribution in [2.24, 2.45) is 5.84 Å². The molecule has 1 fully saturated rings. The van der Waals surface area contributed by atoms with Crippen LogP contribution in [0.1, 0.15) is 31.0 Å². The van der Waals surface area contributed by atoms with Gasteiger partial charge in [-0.2, -0.15) is 23.5 Å². The van der Waals surface area contributed by atoms with E-state index in [1.807, 2.05) is 0 Å². The van der Waals surface area contributed by atoms with Crippen LogP contribution in [0.3, 0.4) is 0 Å². The lowest BCUT2D eigenvalue weighted by molar-refractivity contribution is 0.547. The standard InChI is InChI=1S/C14H22N2S2/c1-9-6-4-5-7-12(9)14(16-15)13-8-17-10(2)11(3)18-13/h4-7,10-11,13-14,16H,8,15H2,1-3H3. The zero-order chi connectivity index (χ0) is 13.1. The van der Waals surface area contributed by atoms with E-state index in [2.05, 4.69) is 74.0 Å². The van der Waals surface area contributed by atoms with Crippen LogP contribution in [-0.4, -0.2) is 21.5 Å². The molecule has 0 amide bonds. The van der Waals surface area contributed by atoms with Crippen LogP contribution in [-0.2, 0) is 0 Å². The molecule has 1 aromatic carbocycles. The predicted molar refractivity (Wildman–Crippen MR) is 84.0 cm³/mol. The van der Waals surface area contributed by atoms with E-state index in [0.717, 1.165) is 5.25 Å². The van der Waals surface area contributed by atoms with Crippen molar-refractivity contribution in [2.45, 2.75) is 42.6 Å². The van der Waals surface area contributed by atoms with Crippen LogP contribution in [0.5, 0.6) is 0 Å². The maximum atomic E-state index is 5.81. The van der Waals surface area contributed by atoms with E-state index in [-0.39, 0.29) is 6.04 Å². The van der Waals surface area contributed by atoms with Crippen molar-refractivity contribution in [1.82, 2.24) is 5.43 Å². The topological polar surface area (TPSA) is 38.0 Å². The van der Waals surface area contributed by atoms with Gasteiger partial charge in [-0.25, -0.2) is 0 Å². The lowest BCUT2D eigenvalue weighted by Crippen LogP contribution is -2.40. The first-order valence-electron chi connectivity index (χ1n) is 6.42. The van der Waals surface area contributed by atoms with Gasteiger partial charge in [-0.05, 0) is 18.1 Å². The Kier molecular flexibility index (Phi) is 5.01. The van der Waals surface area contributed by atoms with Gasteiger partial charge >= 0.3 is 0 Å². The molecule has 2 nitrogen and oxygen atoms in total. The lowest BCUT2D eigenvalue weighted by Gasteiger charge is -2.36. The van der Waals surface area contributed by atoms with E-state index in [9.17, 15) is 0 Å². The molecule has 0 radical (unpaired) electrons. The Morgan fingerprint density at radius 2 is 2.00 bits per heavy atom. The summed E-state index contributed by atoms with van der Waals surface area (Å²) in [5.41, 5.74) is 5.68. The van der Waals surface area contributed by atoms with Crippen LogP contribution < -0.4 is 11.3 Å². The molecular weight excluding hydrogens is 260 g/mol. The van der Waals surface area contributed by atoms with Crippen molar-refractivity contribution in [3.63, 3.8) is 0 Å². The maximum Gasteiger partial charge on any atom is 0.0589 e. The molecule has 3 N–H and O–H groups in total. The number of aryl methyl sites for hydroxylation is 1. The minimum Gasteiger partial charge on any atom is -0.271 e. The van der Waals surface area contributed by atoms with Crippen molar-refractivity contribution in [3.05, 3.63) is 35.4 Å². The summed E-state index contributed by atoms with van der Waals surface area (Å²) >= 11 is 4.13. The average Bonchev–Trinajstić information content (AvgIpc) is 2.37. The van der Waals surface area contributed by atoms with Crippen LogP contribution in [0, 0.1) is 6.92 Å². The molecule has 1 aliphatic rings. The van der Waals surface area contributed by atoms with Crippen LogP contribution in [0.15, 0.2) is 24.3 Å². The minimum absolute atomic E-state index is 0.249. The smallest absolute Gasteiger partial charge is 0.0589 e. The molecule has 0 spiro atoms. The summed E-state index contributed by atoms with van der Waals surface area (Å²) in [5, 5.41) is 1.97.